The van der Waals surface area contributed by atoms with E-state index in [1.807, 2.05) is 0 Å². The van der Waals surface area contributed by atoms with Crippen LogP contribution < -0.4 is 0 Å². The van der Waals surface area contributed by atoms with Gasteiger partial charge in [0.05, 0.1) is 26.4 Å². The fraction of sp³-hybridized carbons (Fsp3) is 0.949. The highest BCUT2D eigenvalue weighted by Crippen LogP contribution is 2.45. The highest BCUT2D eigenvalue weighted by molar-refractivity contribution is 7.47. The predicted molar refractivity (Wildman–Crippen MR) is 395 cm³/mol. The predicted octanol–water partition coefficient (Wildman–Crippen LogP) is 23.1. The summed E-state index contributed by atoms with van der Waals surface area (Å²) >= 11 is 0. The number of aliphatic hydroxyl groups excluding tert-OH is 1. The Morgan fingerprint density at radius 1 is 0.278 bits per heavy atom. The van der Waals surface area contributed by atoms with Gasteiger partial charge in [-0.1, -0.05) is 356 Å². The van der Waals surface area contributed by atoms with Gasteiger partial charge in [0.15, 0.2) is 12.2 Å². The third-order valence-corrected chi connectivity index (χ3v) is 20.1. The lowest BCUT2D eigenvalue weighted by Gasteiger charge is -2.21. The zero-order valence-corrected chi connectivity index (χ0v) is 65.2. The first-order valence-corrected chi connectivity index (χ1v) is 43.5. The van der Waals surface area contributed by atoms with Gasteiger partial charge in [-0.2, -0.15) is 0 Å². The molecule has 0 amide bonds. The second-order valence-electron chi connectivity index (χ2n) is 29.1. The number of rotatable bonds is 77. The van der Waals surface area contributed by atoms with Crippen LogP contribution >= 0.6 is 15.6 Å². The highest BCUT2D eigenvalue weighted by Gasteiger charge is 2.30. The Morgan fingerprint density at radius 2 is 0.474 bits per heavy atom. The molecule has 0 bridgehead atoms. The van der Waals surface area contributed by atoms with E-state index in [1.54, 1.807) is 0 Å². The average Bonchev–Trinajstić information content (AvgIpc) is 1.14. The van der Waals surface area contributed by atoms with Crippen molar-refractivity contribution in [2.75, 3.05) is 39.6 Å². The largest absolute Gasteiger partial charge is 0.472 e. The lowest BCUT2D eigenvalue weighted by atomic mass is 10.0. The number of hydrogen-bond acceptors (Lipinski definition) is 15. The van der Waals surface area contributed by atoms with E-state index in [2.05, 4.69) is 41.5 Å². The van der Waals surface area contributed by atoms with Crippen molar-refractivity contribution in [2.45, 2.75) is 426 Å². The Balaban J connectivity index is 5.07. The fourth-order valence-electron chi connectivity index (χ4n) is 12.0. The van der Waals surface area contributed by atoms with Gasteiger partial charge in [-0.3, -0.25) is 37.3 Å². The number of phosphoric acid groups is 2. The lowest BCUT2D eigenvalue weighted by Crippen LogP contribution is -2.30. The van der Waals surface area contributed by atoms with E-state index >= 15 is 0 Å². The maximum atomic E-state index is 13.1. The molecule has 0 aliphatic heterocycles. The zero-order valence-electron chi connectivity index (χ0n) is 63.4. The maximum Gasteiger partial charge on any atom is 0.472 e. The number of hydrogen-bond donors (Lipinski definition) is 3. The fourth-order valence-corrected chi connectivity index (χ4v) is 13.6. The standard InChI is InChI=1S/C78H152O17P2/c1-7-9-11-13-14-15-16-17-18-19-20-21-22-23-28-31-34-37-40-43-50-56-62-77(82)94-74(67-89-76(81)61-55-49-42-39-36-33-30-27-25-24-26-29-32-35-38-41-47-52-58-70(3)4)69-93-97(86,87)91-65-72(79)64-90-96(84,85)92-68-73(66-88-75(80)60-54-46-12-10-8-2)95-78(83)63-57-51-45-44-48-53-59-71(5)6/h70-74,79H,7-69H2,1-6H3,(H,84,85)(H,86,87)/t72-,73+,74+/m0/s1. The normalized spacial score (nSPS) is 14.0. The molecule has 5 atom stereocenters. The number of carbonyl (C=O) groups excluding carboxylic acids is 4. The Morgan fingerprint density at radius 3 is 0.701 bits per heavy atom. The number of esters is 4. The van der Waals surface area contributed by atoms with Crippen molar-refractivity contribution in [1.82, 2.24) is 0 Å². The molecule has 0 spiro atoms. The molecule has 0 heterocycles. The Labute approximate surface area is 594 Å². The molecule has 0 aromatic carbocycles. The van der Waals surface area contributed by atoms with Crippen LogP contribution in [0.25, 0.3) is 0 Å². The number of unbranched alkanes of at least 4 members (excludes halogenated alkanes) is 47. The second kappa shape index (κ2) is 69.8. The maximum absolute atomic E-state index is 13.1. The molecule has 0 aliphatic rings. The first kappa shape index (κ1) is 95.1. The summed E-state index contributed by atoms with van der Waals surface area (Å²) in [6, 6.07) is 0. The smallest absolute Gasteiger partial charge is 0.462 e. The minimum Gasteiger partial charge on any atom is -0.462 e. The molecule has 19 heteroatoms. The van der Waals surface area contributed by atoms with Gasteiger partial charge in [0.2, 0.25) is 0 Å². The van der Waals surface area contributed by atoms with Crippen LogP contribution in [-0.4, -0.2) is 96.7 Å². The first-order valence-electron chi connectivity index (χ1n) is 40.5. The van der Waals surface area contributed by atoms with Crippen LogP contribution in [0.4, 0.5) is 0 Å². The summed E-state index contributed by atoms with van der Waals surface area (Å²) < 4.78 is 68.2. The molecule has 0 fully saturated rings. The topological polar surface area (TPSA) is 237 Å². The molecule has 0 rings (SSSR count). The van der Waals surface area contributed by atoms with Gasteiger partial charge in [-0.05, 0) is 37.5 Å². The van der Waals surface area contributed by atoms with Gasteiger partial charge >= 0.3 is 39.5 Å². The number of ether oxygens (including phenoxy) is 4. The van der Waals surface area contributed by atoms with E-state index < -0.39 is 97.5 Å². The van der Waals surface area contributed by atoms with Gasteiger partial charge in [0.1, 0.15) is 19.3 Å². The summed E-state index contributed by atoms with van der Waals surface area (Å²) in [5, 5.41) is 10.6. The van der Waals surface area contributed by atoms with Crippen molar-refractivity contribution in [1.29, 1.82) is 0 Å². The third-order valence-electron chi connectivity index (χ3n) is 18.2. The van der Waals surface area contributed by atoms with Gasteiger partial charge in [0, 0.05) is 25.7 Å². The van der Waals surface area contributed by atoms with E-state index in [4.69, 9.17) is 37.0 Å². The van der Waals surface area contributed by atoms with Crippen LogP contribution in [0.3, 0.4) is 0 Å². The van der Waals surface area contributed by atoms with Crippen molar-refractivity contribution in [3.63, 3.8) is 0 Å². The molecule has 3 N–H and O–H groups in total. The molecule has 576 valence electrons. The minimum atomic E-state index is -4.96. The minimum absolute atomic E-state index is 0.101. The SMILES string of the molecule is CCCCCCCCCCCCCCCCCCCCCCCCC(=O)O[C@H](COC(=O)CCCCCCCCCCCCCCCCCCCCC(C)C)COP(=O)(O)OC[C@@H](O)COP(=O)(O)OC[C@@H](COC(=O)CCCCCCC)OC(=O)CCCCCCCCC(C)C. The van der Waals surface area contributed by atoms with Crippen LogP contribution in [0, 0.1) is 11.8 Å². The monoisotopic (exact) mass is 1420 g/mol. The van der Waals surface area contributed by atoms with Gasteiger partial charge in [0.25, 0.3) is 0 Å². The lowest BCUT2D eigenvalue weighted by molar-refractivity contribution is -0.161. The van der Waals surface area contributed by atoms with Crippen LogP contribution in [0.2, 0.25) is 0 Å². The zero-order chi connectivity index (χ0) is 71.4. The summed E-state index contributed by atoms with van der Waals surface area (Å²) in [6.07, 6.45) is 59.3. The third kappa shape index (κ3) is 72.2. The van der Waals surface area contributed by atoms with E-state index in [-0.39, 0.29) is 25.7 Å². The molecule has 0 aromatic heterocycles. The molecular formula is C78H152O17P2. The molecule has 0 aromatic rings. The molecule has 2 unspecified atom stereocenters. The summed E-state index contributed by atoms with van der Waals surface area (Å²) in [6.45, 7) is 9.45. The van der Waals surface area contributed by atoms with Gasteiger partial charge in [-0.25, -0.2) is 9.13 Å². The Kier molecular flexibility index (Phi) is 68.4. The quantitative estimate of drug-likeness (QED) is 0.0222. The van der Waals surface area contributed by atoms with Crippen LogP contribution in [-0.2, 0) is 65.4 Å². The Bertz CT molecular complexity index is 1870. The van der Waals surface area contributed by atoms with Crippen molar-refractivity contribution < 1.29 is 80.2 Å². The highest BCUT2D eigenvalue weighted by atomic mass is 31.2. The summed E-state index contributed by atoms with van der Waals surface area (Å²) in [5.74, 6) is -0.639. The second-order valence-corrected chi connectivity index (χ2v) is 32.0. The molecule has 97 heavy (non-hydrogen) atoms. The van der Waals surface area contributed by atoms with Crippen molar-refractivity contribution in [3.8, 4) is 0 Å². The van der Waals surface area contributed by atoms with E-state index in [1.165, 1.54) is 218 Å². The average molecular weight is 1420 g/mol. The summed E-state index contributed by atoms with van der Waals surface area (Å²) in [7, 11) is -9.90. The molecule has 17 nitrogen and oxygen atoms in total. The van der Waals surface area contributed by atoms with Crippen LogP contribution in [0.15, 0.2) is 0 Å². The first-order chi connectivity index (χ1) is 46.9. The number of carbonyl (C=O) groups is 4. The van der Waals surface area contributed by atoms with Gasteiger partial charge < -0.3 is 33.8 Å². The molecular weight excluding hydrogens is 1270 g/mol. The molecule has 0 radical (unpaired) electrons. The van der Waals surface area contributed by atoms with E-state index in [0.717, 1.165) is 102 Å². The molecule has 0 saturated heterocycles. The molecule has 0 saturated carbocycles. The number of aliphatic hydroxyl groups is 1. The van der Waals surface area contributed by atoms with E-state index in [9.17, 15) is 43.2 Å². The molecule has 0 aliphatic carbocycles. The summed E-state index contributed by atoms with van der Waals surface area (Å²) in [4.78, 5) is 72.4. The van der Waals surface area contributed by atoms with Crippen molar-refractivity contribution in [3.05, 3.63) is 0 Å². The summed E-state index contributed by atoms with van der Waals surface area (Å²) in [5.41, 5.74) is 0. The van der Waals surface area contributed by atoms with Crippen LogP contribution in [0.5, 0.6) is 0 Å². The van der Waals surface area contributed by atoms with E-state index in [0.29, 0.717) is 31.6 Å². The van der Waals surface area contributed by atoms with Crippen molar-refractivity contribution >= 4 is 39.5 Å². The van der Waals surface area contributed by atoms with Crippen molar-refractivity contribution in [2.24, 2.45) is 11.8 Å². The number of phosphoric ester groups is 2. The van der Waals surface area contributed by atoms with Crippen LogP contribution in [0.1, 0.15) is 408 Å². The van der Waals surface area contributed by atoms with Gasteiger partial charge in [-0.15, -0.1) is 0 Å². The Hall–Kier alpha value is -1.94.